The van der Waals surface area contributed by atoms with Crippen molar-refractivity contribution in [2.75, 3.05) is 27.2 Å². The Bertz CT molecular complexity index is 1050. The van der Waals surface area contributed by atoms with E-state index < -0.39 is 87.9 Å². The Kier molecular flexibility index (Phi) is 15.0. The molecule has 0 heterocycles. The van der Waals surface area contributed by atoms with Gasteiger partial charge in [-0.1, -0.05) is 6.07 Å². The number of hydroxylamine groups is 2. The lowest BCUT2D eigenvalue weighted by Crippen LogP contribution is -2.30. The number of ether oxygens (including phenoxy) is 5. The van der Waals surface area contributed by atoms with Crippen molar-refractivity contribution in [2.45, 2.75) is 65.3 Å². The van der Waals surface area contributed by atoms with Gasteiger partial charge in [0.15, 0.2) is 11.6 Å². The molecule has 0 aliphatic rings. The van der Waals surface area contributed by atoms with Crippen molar-refractivity contribution in [3.63, 3.8) is 0 Å². The highest BCUT2D eigenvalue weighted by Crippen LogP contribution is 2.63. The summed E-state index contributed by atoms with van der Waals surface area (Å²) in [6.45, 7) is 5.68. The molecule has 0 aliphatic heterocycles. The first-order valence-corrected chi connectivity index (χ1v) is 13.9. The smallest absolute Gasteiger partial charge is 0.433 e. The molecular formula is C24H34F2NO13P. The average Bonchev–Trinajstić information content (AvgIpc) is 2.85. The minimum absolute atomic E-state index is 0.0174. The first-order chi connectivity index (χ1) is 19.2. The number of carbonyl (C=O) groups excluding carboxylic acids is 4. The molecule has 0 radical (unpaired) electrons. The van der Waals surface area contributed by atoms with Gasteiger partial charge in [-0.2, -0.15) is 5.06 Å². The molecule has 17 heteroatoms. The molecule has 14 nitrogen and oxygen atoms in total. The Morgan fingerprint density at radius 2 is 1.39 bits per heavy atom. The maximum atomic E-state index is 14.2. The third kappa shape index (κ3) is 13.1. The molecule has 0 bridgehead atoms. The molecule has 1 rings (SSSR count). The third-order valence-electron chi connectivity index (χ3n) is 4.65. The molecular weight excluding hydrogens is 579 g/mol. The monoisotopic (exact) mass is 613 g/mol. The summed E-state index contributed by atoms with van der Waals surface area (Å²) in [5.41, 5.74) is -1.67. The quantitative estimate of drug-likeness (QED) is 0.0839. The normalized spacial score (nSPS) is 12.0. The van der Waals surface area contributed by atoms with Crippen LogP contribution >= 0.6 is 7.60 Å². The summed E-state index contributed by atoms with van der Waals surface area (Å²) >= 11 is 0. The number of amides is 1. The molecule has 41 heavy (non-hydrogen) atoms. The van der Waals surface area contributed by atoms with Crippen LogP contribution in [-0.4, -0.2) is 68.9 Å². The van der Waals surface area contributed by atoms with E-state index in [1.54, 1.807) is 27.7 Å². The summed E-state index contributed by atoms with van der Waals surface area (Å²) in [5, 5.41) is 0.559. The van der Waals surface area contributed by atoms with Crippen molar-refractivity contribution in [2.24, 2.45) is 0 Å². The van der Waals surface area contributed by atoms with Gasteiger partial charge in [0.05, 0.1) is 24.5 Å². The van der Waals surface area contributed by atoms with Gasteiger partial charge in [-0.25, -0.2) is 23.2 Å². The van der Waals surface area contributed by atoms with Crippen molar-refractivity contribution in [3.8, 4) is 0 Å². The van der Waals surface area contributed by atoms with Crippen molar-refractivity contribution >= 4 is 32.0 Å². The van der Waals surface area contributed by atoms with Crippen LogP contribution in [-0.2, 0) is 46.9 Å². The first-order valence-electron chi connectivity index (χ1n) is 12.3. The van der Waals surface area contributed by atoms with Gasteiger partial charge in [0, 0.05) is 13.5 Å². The van der Waals surface area contributed by atoms with Crippen LogP contribution in [0.2, 0.25) is 0 Å². The van der Waals surface area contributed by atoms with Crippen molar-refractivity contribution < 1.29 is 70.1 Å². The van der Waals surface area contributed by atoms with E-state index in [1.807, 2.05) is 0 Å². The molecule has 0 saturated heterocycles. The van der Waals surface area contributed by atoms with Gasteiger partial charge >= 0.3 is 26.1 Å². The number of benzene rings is 1. The Labute approximate surface area is 235 Å². The largest absolute Gasteiger partial charge is 0.533 e. The SMILES string of the molecule is CCOC(=O)ON(C)C(=O)CCC(c1ccc(F)c(F)c1)P(=O)(OCOC(=O)OC(C)C)OCOC(=O)OC(C)C. The second kappa shape index (κ2) is 17.4. The van der Waals surface area contributed by atoms with Gasteiger partial charge in [0.1, 0.15) is 0 Å². The van der Waals surface area contributed by atoms with E-state index in [1.165, 1.54) is 6.92 Å². The summed E-state index contributed by atoms with van der Waals surface area (Å²) < 4.78 is 76.0. The highest BCUT2D eigenvalue weighted by Gasteiger charge is 2.39. The van der Waals surface area contributed by atoms with E-state index in [0.29, 0.717) is 11.1 Å². The zero-order valence-electron chi connectivity index (χ0n) is 23.5. The summed E-state index contributed by atoms with van der Waals surface area (Å²) in [4.78, 5) is 52.3. The Hall–Kier alpha value is -3.49. The molecule has 0 saturated carbocycles. The van der Waals surface area contributed by atoms with Crippen LogP contribution < -0.4 is 0 Å². The summed E-state index contributed by atoms with van der Waals surface area (Å²) in [5.74, 6) is -3.35. The number of carbonyl (C=O) groups is 4. The summed E-state index contributed by atoms with van der Waals surface area (Å²) in [7, 11) is -3.54. The molecule has 0 aliphatic carbocycles. The fourth-order valence-electron chi connectivity index (χ4n) is 2.92. The van der Waals surface area contributed by atoms with E-state index in [-0.39, 0.29) is 12.2 Å². The van der Waals surface area contributed by atoms with E-state index in [4.69, 9.17) is 32.8 Å². The van der Waals surface area contributed by atoms with E-state index in [2.05, 4.69) is 4.74 Å². The standard InChI is InChI=1S/C24H34F2NO13P/c1-7-33-24(31)40-27(6)21(28)11-10-20(17-8-9-18(25)19(26)12-17)41(32,36-13-34-22(29)38-15(2)3)37-14-35-23(30)39-16(4)5/h8-9,12,15-16,20H,7,10-11,13-14H2,1-6H3. The average molecular weight is 614 g/mol. The topological polar surface area (TPSA) is 162 Å². The maximum absolute atomic E-state index is 14.2. The van der Waals surface area contributed by atoms with Crippen LogP contribution in [0.1, 0.15) is 58.7 Å². The highest BCUT2D eigenvalue weighted by atomic mass is 31.2. The highest BCUT2D eigenvalue weighted by molar-refractivity contribution is 7.54. The van der Waals surface area contributed by atoms with Crippen LogP contribution in [0.5, 0.6) is 0 Å². The number of rotatable bonds is 14. The molecule has 232 valence electrons. The third-order valence-corrected chi connectivity index (χ3v) is 6.90. The molecule has 0 spiro atoms. The van der Waals surface area contributed by atoms with Crippen LogP contribution in [0.3, 0.4) is 0 Å². The van der Waals surface area contributed by atoms with Gasteiger partial charge in [0.25, 0.3) is 5.91 Å². The van der Waals surface area contributed by atoms with Crippen LogP contribution in [0.25, 0.3) is 0 Å². The number of nitrogens with zero attached hydrogens (tertiary/aromatic N) is 1. The van der Waals surface area contributed by atoms with Crippen molar-refractivity contribution in [1.82, 2.24) is 5.06 Å². The van der Waals surface area contributed by atoms with E-state index in [0.717, 1.165) is 19.2 Å². The predicted molar refractivity (Wildman–Crippen MR) is 134 cm³/mol. The van der Waals surface area contributed by atoms with E-state index in [9.17, 15) is 32.5 Å². The van der Waals surface area contributed by atoms with Crippen LogP contribution in [0, 0.1) is 11.6 Å². The first kappa shape index (κ1) is 35.5. The maximum Gasteiger partial charge on any atom is 0.533 e. The lowest BCUT2D eigenvalue weighted by molar-refractivity contribution is -0.166. The molecule has 0 aromatic heterocycles. The molecule has 1 aromatic carbocycles. The van der Waals surface area contributed by atoms with Gasteiger partial charge < -0.3 is 28.5 Å². The molecule has 0 N–H and O–H groups in total. The lowest BCUT2D eigenvalue weighted by atomic mass is 10.1. The lowest BCUT2D eigenvalue weighted by Gasteiger charge is -2.27. The summed E-state index contributed by atoms with van der Waals surface area (Å²) in [6.07, 6.45) is -5.55. The van der Waals surface area contributed by atoms with Crippen LogP contribution in [0.4, 0.5) is 23.2 Å². The van der Waals surface area contributed by atoms with Crippen molar-refractivity contribution in [1.29, 1.82) is 0 Å². The Morgan fingerprint density at radius 1 is 0.854 bits per heavy atom. The molecule has 1 unspecified atom stereocenters. The van der Waals surface area contributed by atoms with Gasteiger partial charge in [0.2, 0.25) is 13.6 Å². The number of halogens is 2. The molecule has 1 atom stereocenters. The Morgan fingerprint density at radius 3 is 1.85 bits per heavy atom. The number of hydrogen-bond acceptors (Lipinski definition) is 13. The van der Waals surface area contributed by atoms with Gasteiger partial charge in [-0.3, -0.25) is 18.4 Å². The summed E-state index contributed by atoms with van der Waals surface area (Å²) in [6, 6.07) is 2.50. The fourth-order valence-corrected chi connectivity index (χ4v) is 4.72. The zero-order chi connectivity index (χ0) is 31.2. The number of hydrogen-bond donors (Lipinski definition) is 0. The van der Waals surface area contributed by atoms with E-state index >= 15 is 0 Å². The molecule has 1 aromatic rings. The van der Waals surface area contributed by atoms with Gasteiger partial charge in [-0.15, -0.1) is 0 Å². The van der Waals surface area contributed by atoms with Crippen molar-refractivity contribution in [3.05, 3.63) is 35.4 Å². The molecule has 1 amide bonds. The fraction of sp³-hybridized carbons (Fsp3) is 0.583. The van der Waals surface area contributed by atoms with Gasteiger partial charge in [-0.05, 0) is 58.7 Å². The molecule has 0 fully saturated rings. The zero-order valence-corrected chi connectivity index (χ0v) is 24.4. The minimum atomic E-state index is -4.65. The predicted octanol–water partition coefficient (Wildman–Crippen LogP) is 5.60. The second-order valence-electron chi connectivity index (χ2n) is 8.55. The van der Waals surface area contributed by atoms with Crippen LogP contribution in [0.15, 0.2) is 18.2 Å². The second-order valence-corrected chi connectivity index (χ2v) is 10.8. The minimum Gasteiger partial charge on any atom is -0.433 e. The Balaban J connectivity index is 3.26.